The molecular weight excluding hydrogens is 527 g/mol. The number of morpholine rings is 1. The number of nitrogens with one attached hydrogen (secondary N) is 1. The number of amides is 1. The van der Waals surface area contributed by atoms with E-state index in [9.17, 15) is 4.79 Å². The monoisotopic (exact) mass is 564 g/mol. The molecule has 2 aromatic carbocycles. The summed E-state index contributed by atoms with van der Waals surface area (Å²) in [5, 5.41) is 1.47. The summed E-state index contributed by atoms with van der Waals surface area (Å²) in [4.78, 5) is 15.8. The molecule has 6 nitrogen and oxygen atoms in total. The molecule has 0 spiro atoms. The van der Waals surface area contributed by atoms with E-state index in [1.807, 2.05) is 66.4 Å². The van der Waals surface area contributed by atoms with E-state index in [0.29, 0.717) is 29.7 Å². The number of nitrogens with zero attached hydrogens (tertiary/aromatic N) is 1. The summed E-state index contributed by atoms with van der Waals surface area (Å²) >= 11 is 13.5. The minimum Gasteiger partial charge on any atom is -0.403 e. The zero-order valence-electron chi connectivity index (χ0n) is 21.7. The smallest absolute Gasteiger partial charge is 0.252 e. The van der Waals surface area contributed by atoms with Crippen molar-refractivity contribution in [2.75, 3.05) is 12.4 Å². The van der Waals surface area contributed by atoms with Gasteiger partial charge in [-0.15, -0.1) is 0 Å². The van der Waals surface area contributed by atoms with Gasteiger partial charge < -0.3 is 20.8 Å². The van der Waals surface area contributed by atoms with E-state index in [1.54, 1.807) is 0 Å². The van der Waals surface area contributed by atoms with Crippen LogP contribution in [0.15, 0.2) is 66.5 Å². The minimum atomic E-state index is -0.597. The summed E-state index contributed by atoms with van der Waals surface area (Å²) in [7, 11) is 0. The summed E-state index contributed by atoms with van der Waals surface area (Å²) in [5.41, 5.74) is 9.82. The first-order chi connectivity index (χ1) is 17.6. The number of nitrogens with two attached hydrogens (primary N) is 2. The summed E-state index contributed by atoms with van der Waals surface area (Å²) in [6.45, 7) is 7.08. The average molecular weight is 566 g/mol. The molecule has 0 aromatic heterocycles. The molecule has 3 unspecified atom stereocenters. The van der Waals surface area contributed by atoms with Gasteiger partial charge in [-0.1, -0.05) is 74.3 Å². The number of rotatable bonds is 8. The fraction of sp³-hybridized carbons (Fsp3) is 0.464. The van der Waals surface area contributed by atoms with Gasteiger partial charge in [-0.25, -0.2) is 0 Å². The van der Waals surface area contributed by atoms with E-state index in [4.69, 9.17) is 39.5 Å². The van der Waals surface area contributed by atoms with Crippen molar-refractivity contribution < 1.29 is 9.53 Å². The van der Waals surface area contributed by atoms with Gasteiger partial charge in [0, 0.05) is 44.9 Å². The van der Waals surface area contributed by atoms with E-state index in [1.165, 1.54) is 6.20 Å². The first-order valence-electron chi connectivity index (χ1n) is 12.5. The zero-order chi connectivity index (χ0) is 27.0. The van der Waals surface area contributed by atoms with Crippen molar-refractivity contribution in [3.63, 3.8) is 0 Å². The molecule has 37 heavy (non-hydrogen) atoms. The number of halogens is 2. The SMILES string of the molecule is CC(C)(C)SCC(C1CC1)N1C(=O)C(C/C(=C/N)NN)OCC1c1ccc(Cl)cc1.Clc1ccccc1. The predicted octanol–water partition coefficient (Wildman–Crippen LogP) is 5.91. The van der Waals surface area contributed by atoms with Gasteiger partial charge in [0.25, 0.3) is 5.91 Å². The van der Waals surface area contributed by atoms with Crippen LogP contribution in [0.5, 0.6) is 0 Å². The first kappa shape index (κ1) is 29.7. The largest absolute Gasteiger partial charge is 0.403 e. The van der Waals surface area contributed by atoms with Gasteiger partial charge in [0.1, 0.15) is 6.10 Å². The third-order valence-electron chi connectivity index (χ3n) is 6.31. The third kappa shape index (κ3) is 9.11. The molecule has 1 aliphatic carbocycles. The molecule has 2 aliphatic rings. The van der Waals surface area contributed by atoms with E-state index in [2.05, 4.69) is 31.1 Å². The van der Waals surface area contributed by atoms with Crippen LogP contribution in [0.25, 0.3) is 0 Å². The van der Waals surface area contributed by atoms with Crippen LogP contribution in [0.1, 0.15) is 51.6 Å². The number of carbonyl (C=O) groups is 1. The Morgan fingerprint density at radius 3 is 2.24 bits per heavy atom. The lowest BCUT2D eigenvalue weighted by molar-refractivity contribution is -0.164. The molecule has 1 amide bonds. The van der Waals surface area contributed by atoms with Crippen LogP contribution in [0.3, 0.4) is 0 Å². The molecule has 1 aliphatic heterocycles. The van der Waals surface area contributed by atoms with E-state index in [-0.39, 0.29) is 22.7 Å². The second-order valence-electron chi connectivity index (χ2n) is 10.3. The lowest BCUT2D eigenvalue weighted by Crippen LogP contribution is -2.55. The number of hydrogen-bond acceptors (Lipinski definition) is 6. The second kappa shape index (κ2) is 13.8. The molecule has 3 atom stereocenters. The van der Waals surface area contributed by atoms with Crippen molar-refractivity contribution in [1.82, 2.24) is 10.3 Å². The minimum absolute atomic E-state index is 0.00205. The molecule has 0 radical (unpaired) electrons. The molecule has 9 heteroatoms. The topological polar surface area (TPSA) is 93.6 Å². The molecule has 0 bridgehead atoms. The molecule has 1 saturated heterocycles. The predicted molar refractivity (Wildman–Crippen MR) is 155 cm³/mol. The van der Waals surface area contributed by atoms with Crippen LogP contribution in [0.2, 0.25) is 10.0 Å². The van der Waals surface area contributed by atoms with E-state index >= 15 is 0 Å². The van der Waals surface area contributed by atoms with Crippen molar-refractivity contribution in [3.8, 4) is 0 Å². The maximum absolute atomic E-state index is 13.7. The summed E-state index contributed by atoms with van der Waals surface area (Å²) in [5.74, 6) is 6.98. The Hall–Kier alpha value is -1.90. The maximum atomic E-state index is 13.7. The van der Waals surface area contributed by atoms with Gasteiger partial charge in [-0.05, 0) is 48.6 Å². The molecule has 1 heterocycles. The van der Waals surface area contributed by atoms with Crippen LogP contribution in [0, 0.1) is 5.92 Å². The molecule has 2 fully saturated rings. The second-order valence-corrected chi connectivity index (χ2v) is 13.0. The number of ether oxygens (including phenoxy) is 1. The lowest BCUT2D eigenvalue weighted by atomic mass is 9.98. The van der Waals surface area contributed by atoms with Gasteiger partial charge >= 0.3 is 0 Å². The number of thioether (sulfide) groups is 1. The summed E-state index contributed by atoms with van der Waals surface area (Å²) < 4.78 is 6.16. The zero-order valence-corrected chi connectivity index (χ0v) is 24.0. The fourth-order valence-corrected chi connectivity index (χ4v) is 5.59. The number of benzene rings is 2. The normalized spacial score (nSPS) is 21.2. The standard InChI is InChI=1S/C22H33ClN4O2S.C6H5Cl/c1-22(2,3)30-13-19(15-4-5-15)27-18(14-6-8-16(23)9-7-14)12-29-20(21(27)28)10-17(11-24)26-25;7-6-4-2-1-3-5-6/h6-9,11,15,18-20,26H,4-5,10,12-13,24-25H2,1-3H3;1-5H/b17-11-;. The highest BCUT2D eigenvalue weighted by Gasteiger charge is 2.46. The number of hydrogen-bond donors (Lipinski definition) is 3. The Morgan fingerprint density at radius 1 is 1.14 bits per heavy atom. The van der Waals surface area contributed by atoms with Gasteiger partial charge in [0.2, 0.25) is 0 Å². The van der Waals surface area contributed by atoms with E-state index in [0.717, 1.165) is 29.2 Å². The van der Waals surface area contributed by atoms with Crippen molar-refractivity contribution in [2.24, 2.45) is 17.5 Å². The quantitative estimate of drug-likeness (QED) is 0.272. The Kier molecular flexibility index (Phi) is 11.0. The first-order valence-corrected chi connectivity index (χ1v) is 14.3. The molecule has 202 valence electrons. The third-order valence-corrected chi connectivity index (χ3v) is 8.19. The van der Waals surface area contributed by atoms with Crippen molar-refractivity contribution in [2.45, 2.75) is 63.0 Å². The Labute approximate surface area is 235 Å². The van der Waals surface area contributed by atoms with Gasteiger partial charge in [0.05, 0.1) is 12.6 Å². The van der Waals surface area contributed by atoms with Crippen LogP contribution >= 0.6 is 35.0 Å². The van der Waals surface area contributed by atoms with Crippen molar-refractivity contribution in [1.29, 1.82) is 0 Å². The van der Waals surface area contributed by atoms with Crippen LogP contribution in [-0.4, -0.2) is 40.1 Å². The molecule has 1 saturated carbocycles. The Balaban J connectivity index is 0.000000468. The highest BCUT2D eigenvalue weighted by molar-refractivity contribution is 8.00. The summed E-state index contributed by atoms with van der Waals surface area (Å²) in [6, 6.07) is 17.2. The molecule has 4 rings (SSSR count). The Morgan fingerprint density at radius 2 is 1.76 bits per heavy atom. The Bertz CT molecular complexity index is 1030. The highest BCUT2D eigenvalue weighted by Crippen LogP contribution is 2.43. The van der Waals surface area contributed by atoms with Crippen LogP contribution in [-0.2, 0) is 9.53 Å². The average Bonchev–Trinajstić information content (AvgIpc) is 3.70. The van der Waals surface area contributed by atoms with Crippen LogP contribution < -0.4 is 17.0 Å². The molecule has 2 aromatic rings. The molecular formula is C28H38Cl2N4O2S. The highest BCUT2D eigenvalue weighted by atomic mass is 35.5. The lowest BCUT2D eigenvalue weighted by Gasteiger charge is -2.45. The molecule has 5 N–H and O–H groups in total. The van der Waals surface area contributed by atoms with Crippen molar-refractivity contribution >= 4 is 40.9 Å². The van der Waals surface area contributed by atoms with Gasteiger partial charge in [-0.3, -0.25) is 10.6 Å². The van der Waals surface area contributed by atoms with Crippen LogP contribution in [0.4, 0.5) is 0 Å². The fourth-order valence-electron chi connectivity index (χ4n) is 4.21. The van der Waals surface area contributed by atoms with Gasteiger partial charge in [-0.2, -0.15) is 11.8 Å². The van der Waals surface area contributed by atoms with Crippen molar-refractivity contribution in [3.05, 3.63) is 82.1 Å². The maximum Gasteiger partial charge on any atom is 0.252 e. The number of carbonyl (C=O) groups excluding carboxylic acids is 1. The summed E-state index contributed by atoms with van der Waals surface area (Å²) in [6.07, 6.45) is 3.45. The van der Waals surface area contributed by atoms with E-state index < -0.39 is 6.10 Å². The van der Waals surface area contributed by atoms with Gasteiger partial charge in [0.15, 0.2) is 0 Å². The number of hydrazine groups is 1.